The highest BCUT2D eigenvalue weighted by Crippen LogP contribution is 2.48. The second kappa shape index (κ2) is 19.4. The summed E-state index contributed by atoms with van der Waals surface area (Å²) in [5.41, 5.74) is 3.96. The standard InChI is InChI=1S/C46H74N6O6/c1-28(2)20-36(26-51-18-16-50(11)17-19-51)47-44(55)35-22-34(23-37(24-35)49(9)10)38-15-13-14-33(43(38)57-12)25-52-42(41(32(6)54)40(27-53)58-52)45(56)48-39-21-29(3)46(7,8)31(5)30(39)4/h13-15,22-24,28-32,36,39-42,53-54H,16-21,25-27H2,1-12H3,(H,47,55)(H,48,56)/t29-,30+,31+,32+,36+,39+,40+,41-,42+/m1/s1. The van der Waals surface area contributed by atoms with Crippen LogP contribution < -0.4 is 20.3 Å². The maximum Gasteiger partial charge on any atom is 0.251 e. The van der Waals surface area contributed by atoms with Crippen LogP contribution >= 0.6 is 0 Å². The number of aliphatic hydroxyl groups is 2. The van der Waals surface area contributed by atoms with Crippen LogP contribution in [0, 0.1) is 35.0 Å². The molecule has 4 N–H and O–H groups in total. The van der Waals surface area contributed by atoms with E-state index in [0.29, 0.717) is 29.1 Å². The van der Waals surface area contributed by atoms with Crippen molar-refractivity contribution in [3.8, 4) is 16.9 Å². The number of carbonyl (C=O) groups excluding carboxylic acids is 2. The number of methoxy groups -OCH3 is 1. The van der Waals surface area contributed by atoms with E-state index >= 15 is 0 Å². The van der Waals surface area contributed by atoms with Gasteiger partial charge >= 0.3 is 0 Å². The summed E-state index contributed by atoms with van der Waals surface area (Å²) in [4.78, 5) is 41.7. The molecule has 0 spiro atoms. The van der Waals surface area contributed by atoms with Crippen LogP contribution in [0.15, 0.2) is 36.4 Å². The summed E-state index contributed by atoms with van der Waals surface area (Å²) in [6.45, 7) is 22.1. The highest BCUT2D eigenvalue weighted by atomic mass is 16.7. The molecule has 58 heavy (non-hydrogen) atoms. The van der Waals surface area contributed by atoms with Gasteiger partial charge in [0.2, 0.25) is 5.91 Å². The van der Waals surface area contributed by atoms with E-state index in [1.54, 1.807) is 19.1 Å². The monoisotopic (exact) mass is 807 g/mol. The average molecular weight is 807 g/mol. The van der Waals surface area contributed by atoms with Gasteiger partial charge in [0.15, 0.2) is 0 Å². The number of nitrogens with one attached hydrogen (secondary N) is 2. The van der Waals surface area contributed by atoms with E-state index in [0.717, 1.165) is 67.9 Å². The van der Waals surface area contributed by atoms with Crippen LogP contribution in [0.25, 0.3) is 11.1 Å². The first-order chi connectivity index (χ1) is 27.4. The minimum atomic E-state index is -0.910. The molecule has 3 aliphatic rings. The number of rotatable bonds is 15. The van der Waals surface area contributed by atoms with E-state index in [9.17, 15) is 19.8 Å². The molecule has 5 rings (SSSR count). The van der Waals surface area contributed by atoms with Crippen molar-refractivity contribution >= 4 is 17.5 Å². The van der Waals surface area contributed by atoms with Gasteiger partial charge < -0.3 is 35.4 Å². The van der Waals surface area contributed by atoms with E-state index in [1.807, 2.05) is 49.3 Å². The van der Waals surface area contributed by atoms with Gasteiger partial charge in [0.05, 0.1) is 26.4 Å². The molecule has 2 amide bonds. The number of aliphatic hydroxyl groups excluding tert-OH is 2. The Kier molecular flexibility index (Phi) is 15.3. The molecule has 9 atom stereocenters. The zero-order chi connectivity index (χ0) is 42.6. The van der Waals surface area contributed by atoms with Gasteiger partial charge in [0, 0.05) is 87.2 Å². The summed E-state index contributed by atoms with van der Waals surface area (Å²) in [6, 6.07) is 10.9. The van der Waals surface area contributed by atoms with Crippen molar-refractivity contribution in [1.82, 2.24) is 25.5 Å². The molecule has 0 radical (unpaired) electrons. The predicted octanol–water partition coefficient (Wildman–Crippen LogP) is 5.12. The third kappa shape index (κ3) is 10.4. The third-order valence-corrected chi connectivity index (χ3v) is 14.0. The molecule has 324 valence electrons. The highest BCUT2D eigenvalue weighted by molar-refractivity contribution is 5.97. The Balaban J connectivity index is 1.44. The predicted molar refractivity (Wildman–Crippen MR) is 232 cm³/mol. The zero-order valence-corrected chi connectivity index (χ0v) is 37.4. The van der Waals surface area contributed by atoms with Gasteiger partial charge in [-0.25, -0.2) is 0 Å². The quantitative estimate of drug-likeness (QED) is 0.193. The first-order valence-electron chi connectivity index (χ1n) is 21.6. The lowest BCUT2D eigenvalue weighted by Gasteiger charge is -2.50. The molecule has 0 aromatic heterocycles. The number of para-hydroxylation sites is 1. The molecule has 0 bridgehead atoms. The Hall–Kier alpha value is -3.26. The molecule has 1 aliphatic carbocycles. The summed E-state index contributed by atoms with van der Waals surface area (Å²) >= 11 is 0. The number of hydroxylamine groups is 2. The molecule has 12 heteroatoms. The van der Waals surface area contributed by atoms with E-state index < -0.39 is 24.2 Å². The first-order valence-corrected chi connectivity index (χ1v) is 21.6. The fraction of sp³-hybridized carbons (Fsp3) is 0.696. The minimum absolute atomic E-state index is 0.0130. The van der Waals surface area contributed by atoms with E-state index in [-0.39, 0.29) is 48.4 Å². The molecule has 1 saturated carbocycles. The van der Waals surface area contributed by atoms with Crippen LogP contribution in [0.3, 0.4) is 0 Å². The molecule has 2 heterocycles. The molecule has 2 aliphatic heterocycles. The Morgan fingerprint density at radius 2 is 1.74 bits per heavy atom. The number of nitrogens with zero attached hydrogens (tertiary/aromatic N) is 4. The number of likely N-dealkylation sites (N-methyl/N-ethyl adjacent to an activating group) is 1. The average Bonchev–Trinajstić information content (AvgIpc) is 3.55. The van der Waals surface area contributed by atoms with Crippen molar-refractivity contribution in [3.05, 3.63) is 47.5 Å². The lowest BCUT2D eigenvalue weighted by atomic mass is 9.58. The Morgan fingerprint density at radius 1 is 1.05 bits per heavy atom. The van der Waals surface area contributed by atoms with Gasteiger partial charge in [-0.05, 0) is 79.7 Å². The molecular weight excluding hydrogens is 733 g/mol. The van der Waals surface area contributed by atoms with Crippen LogP contribution in [0.1, 0.15) is 84.2 Å². The summed E-state index contributed by atoms with van der Waals surface area (Å²) < 4.78 is 6.14. The molecule has 2 saturated heterocycles. The van der Waals surface area contributed by atoms with Gasteiger partial charge in [0.25, 0.3) is 5.91 Å². The number of carbonyl (C=O) groups is 2. The summed E-state index contributed by atoms with van der Waals surface area (Å²) in [7, 11) is 7.70. The van der Waals surface area contributed by atoms with Gasteiger partial charge in [0.1, 0.15) is 17.9 Å². The van der Waals surface area contributed by atoms with Crippen LogP contribution in [0.4, 0.5) is 5.69 Å². The molecule has 2 aromatic rings. The number of benzene rings is 2. The number of ether oxygens (including phenoxy) is 1. The normalized spacial score (nSPS) is 27.9. The topological polar surface area (TPSA) is 130 Å². The summed E-state index contributed by atoms with van der Waals surface area (Å²) in [5, 5.41) is 29.8. The molecule has 0 unspecified atom stereocenters. The molecule has 2 aromatic carbocycles. The van der Waals surface area contributed by atoms with E-state index in [4.69, 9.17) is 9.57 Å². The minimum Gasteiger partial charge on any atom is -0.496 e. The van der Waals surface area contributed by atoms with Gasteiger partial charge in [-0.3, -0.25) is 19.3 Å². The number of anilines is 1. The molecule has 12 nitrogen and oxygen atoms in total. The van der Waals surface area contributed by atoms with Gasteiger partial charge in [-0.2, -0.15) is 5.06 Å². The second-order valence-corrected chi connectivity index (χ2v) is 19.0. The third-order valence-electron chi connectivity index (χ3n) is 14.0. The smallest absolute Gasteiger partial charge is 0.251 e. The van der Waals surface area contributed by atoms with E-state index in [1.165, 1.54) is 0 Å². The van der Waals surface area contributed by atoms with Crippen molar-refractivity contribution in [2.75, 3.05) is 72.5 Å². The lowest BCUT2D eigenvalue weighted by Crippen LogP contribution is -2.56. The Morgan fingerprint density at radius 3 is 2.34 bits per heavy atom. The van der Waals surface area contributed by atoms with Crippen molar-refractivity contribution in [3.63, 3.8) is 0 Å². The fourth-order valence-electron chi connectivity index (χ4n) is 9.57. The van der Waals surface area contributed by atoms with Crippen molar-refractivity contribution < 1.29 is 29.4 Å². The van der Waals surface area contributed by atoms with Crippen molar-refractivity contribution in [2.45, 2.75) is 105 Å². The second-order valence-electron chi connectivity index (χ2n) is 19.0. The maximum absolute atomic E-state index is 14.4. The fourth-order valence-corrected chi connectivity index (χ4v) is 9.57. The number of amides is 2. The number of hydrogen-bond donors (Lipinski definition) is 4. The summed E-state index contributed by atoms with van der Waals surface area (Å²) in [5.74, 6) is 1.09. The largest absolute Gasteiger partial charge is 0.496 e. The van der Waals surface area contributed by atoms with Gasteiger partial charge in [-0.1, -0.05) is 66.7 Å². The number of piperazine rings is 1. The number of hydrogen-bond acceptors (Lipinski definition) is 10. The Bertz CT molecular complexity index is 1690. The SMILES string of the molecule is COc1c(CN2O[C@@H](CO)[C@@H]([C@H](C)O)[C@H]2C(=O)N[C@H]2C[C@@H](C)C(C)(C)[C@@H](C)[C@@H]2C)cccc1-c1cc(C(=O)N[C@@H](CC(C)C)CN2CCN(C)CC2)cc(N(C)C)c1. The van der Waals surface area contributed by atoms with E-state index in [2.05, 4.69) is 82.0 Å². The van der Waals surface area contributed by atoms with Gasteiger partial charge in [-0.15, -0.1) is 0 Å². The Labute approximate surface area is 348 Å². The lowest BCUT2D eigenvalue weighted by molar-refractivity contribution is -0.182. The summed E-state index contributed by atoms with van der Waals surface area (Å²) in [6.07, 6.45) is 0.0670. The van der Waals surface area contributed by atoms with Crippen molar-refractivity contribution in [1.29, 1.82) is 0 Å². The van der Waals surface area contributed by atoms with Crippen LogP contribution in [0.5, 0.6) is 5.75 Å². The van der Waals surface area contributed by atoms with Crippen LogP contribution in [0.2, 0.25) is 0 Å². The maximum atomic E-state index is 14.4. The molecular formula is C46H74N6O6. The van der Waals surface area contributed by atoms with Crippen molar-refractivity contribution in [2.24, 2.45) is 35.0 Å². The van der Waals surface area contributed by atoms with Crippen LogP contribution in [-0.2, 0) is 16.2 Å². The molecule has 3 fully saturated rings. The highest BCUT2D eigenvalue weighted by Gasteiger charge is 2.51. The zero-order valence-electron chi connectivity index (χ0n) is 37.4. The first kappa shape index (κ1) is 45.8. The van der Waals surface area contributed by atoms with Crippen LogP contribution in [-0.4, -0.2) is 135 Å².